The second-order valence-corrected chi connectivity index (χ2v) is 5.05. The zero-order chi connectivity index (χ0) is 12.4. The van der Waals surface area contributed by atoms with Gasteiger partial charge in [0.1, 0.15) is 11.5 Å². The third kappa shape index (κ3) is 2.34. The van der Waals surface area contributed by atoms with Crippen LogP contribution in [0.25, 0.3) is 11.5 Å². The van der Waals surface area contributed by atoms with E-state index in [0.717, 1.165) is 42.5 Å². The fourth-order valence-electron chi connectivity index (χ4n) is 2.64. The van der Waals surface area contributed by atoms with E-state index < -0.39 is 0 Å². The normalized spacial score (nSPS) is 20.2. The summed E-state index contributed by atoms with van der Waals surface area (Å²) >= 11 is 0. The number of aromatic nitrogens is 2. The minimum absolute atomic E-state index is 0.703. The topological polar surface area (TPSA) is 53.9 Å². The Morgan fingerprint density at radius 3 is 3.17 bits per heavy atom. The number of rotatable bonds is 3. The van der Waals surface area contributed by atoms with Crippen molar-refractivity contribution < 1.29 is 4.42 Å². The fraction of sp³-hybridized carbons (Fsp3) is 0.500. The van der Waals surface area contributed by atoms with Crippen molar-refractivity contribution in [2.75, 3.05) is 13.1 Å². The number of hydrogen-bond acceptors (Lipinski definition) is 3. The van der Waals surface area contributed by atoms with Crippen LogP contribution in [0.2, 0.25) is 0 Å². The number of aromatic amines is 1. The number of imidazole rings is 1. The molecule has 96 valence electrons. The lowest BCUT2D eigenvalue weighted by Gasteiger charge is -2.21. The maximum atomic E-state index is 5.41. The van der Waals surface area contributed by atoms with Crippen LogP contribution in [-0.2, 0) is 6.42 Å². The zero-order valence-electron chi connectivity index (χ0n) is 10.7. The highest BCUT2D eigenvalue weighted by Gasteiger charge is 2.17. The highest BCUT2D eigenvalue weighted by atomic mass is 16.3. The molecule has 0 aliphatic carbocycles. The predicted octanol–water partition coefficient (Wildman–Crippen LogP) is 2.52. The molecule has 1 unspecified atom stereocenters. The molecule has 2 aromatic heterocycles. The van der Waals surface area contributed by atoms with Crippen molar-refractivity contribution in [1.82, 2.24) is 15.3 Å². The summed E-state index contributed by atoms with van der Waals surface area (Å²) in [6.45, 7) is 4.31. The Bertz CT molecular complexity index is 495. The van der Waals surface area contributed by atoms with E-state index in [2.05, 4.69) is 15.3 Å². The Morgan fingerprint density at radius 2 is 2.44 bits per heavy atom. The Labute approximate surface area is 107 Å². The van der Waals surface area contributed by atoms with Crippen LogP contribution in [-0.4, -0.2) is 23.1 Å². The molecule has 0 bridgehead atoms. The number of nitrogens with zero attached hydrogens (tertiary/aromatic N) is 1. The molecule has 0 saturated carbocycles. The van der Waals surface area contributed by atoms with Crippen molar-refractivity contribution in [1.29, 1.82) is 0 Å². The quantitative estimate of drug-likeness (QED) is 0.873. The van der Waals surface area contributed by atoms with Crippen LogP contribution in [0.1, 0.15) is 24.4 Å². The molecule has 0 amide bonds. The Hall–Kier alpha value is -1.55. The second-order valence-electron chi connectivity index (χ2n) is 5.05. The molecule has 1 aliphatic heterocycles. The van der Waals surface area contributed by atoms with Gasteiger partial charge in [0.05, 0.1) is 6.26 Å². The first kappa shape index (κ1) is 11.5. The molecule has 18 heavy (non-hydrogen) atoms. The maximum Gasteiger partial charge on any atom is 0.154 e. The van der Waals surface area contributed by atoms with Gasteiger partial charge in [-0.3, -0.25) is 0 Å². The molecule has 0 radical (unpaired) electrons. The average molecular weight is 245 g/mol. The monoisotopic (exact) mass is 245 g/mol. The maximum absolute atomic E-state index is 5.41. The standard InChI is InChI=1S/C14H19N3O/c1-10-14(12-5-3-7-18-12)17-13(16-10)8-11-4-2-6-15-9-11/h3,5,7,11,15H,2,4,6,8-9H2,1H3,(H,16,17). The molecule has 3 heterocycles. The molecule has 1 aliphatic rings. The Kier molecular flexibility index (Phi) is 3.19. The number of piperidine rings is 1. The van der Waals surface area contributed by atoms with Crippen LogP contribution in [0.3, 0.4) is 0 Å². The highest BCUT2D eigenvalue weighted by Crippen LogP contribution is 2.23. The largest absolute Gasteiger partial charge is 0.463 e. The molecule has 3 rings (SSSR count). The van der Waals surface area contributed by atoms with Crippen LogP contribution >= 0.6 is 0 Å². The lowest BCUT2D eigenvalue weighted by atomic mass is 9.96. The predicted molar refractivity (Wildman–Crippen MR) is 70.3 cm³/mol. The molecule has 4 nitrogen and oxygen atoms in total. The smallest absolute Gasteiger partial charge is 0.154 e. The number of H-pyrrole nitrogens is 1. The van der Waals surface area contributed by atoms with Crippen LogP contribution in [0, 0.1) is 12.8 Å². The highest BCUT2D eigenvalue weighted by molar-refractivity contribution is 5.55. The molecular weight excluding hydrogens is 226 g/mol. The van der Waals surface area contributed by atoms with Gasteiger partial charge in [0.2, 0.25) is 0 Å². The van der Waals surface area contributed by atoms with Gasteiger partial charge in [0, 0.05) is 12.1 Å². The summed E-state index contributed by atoms with van der Waals surface area (Å²) in [5, 5.41) is 3.44. The van der Waals surface area contributed by atoms with Gasteiger partial charge < -0.3 is 14.7 Å². The Balaban J connectivity index is 1.75. The first-order valence-electron chi connectivity index (χ1n) is 6.63. The average Bonchev–Trinajstić information content (AvgIpc) is 3.00. The SMILES string of the molecule is Cc1[nH]c(CC2CCCNC2)nc1-c1ccco1. The van der Waals surface area contributed by atoms with E-state index >= 15 is 0 Å². The summed E-state index contributed by atoms with van der Waals surface area (Å²) in [5.41, 5.74) is 2.03. The molecule has 2 N–H and O–H groups in total. The molecule has 0 aromatic carbocycles. The van der Waals surface area contributed by atoms with Gasteiger partial charge in [0.25, 0.3) is 0 Å². The van der Waals surface area contributed by atoms with Gasteiger partial charge in [0.15, 0.2) is 5.76 Å². The third-order valence-corrected chi connectivity index (χ3v) is 3.57. The van der Waals surface area contributed by atoms with Crippen molar-refractivity contribution in [3.8, 4) is 11.5 Å². The van der Waals surface area contributed by atoms with Gasteiger partial charge in [-0.25, -0.2) is 4.98 Å². The molecule has 1 fully saturated rings. The molecule has 2 aromatic rings. The van der Waals surface area contributed by atoms with Crippen LogP contribution in [0.5, 0.6) is 0 Å². The summed E-state index contributed by atoms with van der Waals surface area (Å²) in [6, 6.07) is 3.85. The van der Waals surface area contributed by atoms with Gasteiger partial charge in [-0.2, -0.15) is 0 Å². The van der Waals surface area contributed by atoms with Crippen LogP contribution < -0.4 is 5.32 Å². The summed E-state index contributed by atoms with van der Waals surface area (Å²) in [7, 11) is 0. The minimum atomic E-state index is 0.703. The van der Waals surface area contributed by atoms with Gasteiger partial charge in [-0.05, 0) is 50.9 Å². The number of hydrogen-bond donors (Lipinski definition) is 2. The Morgan fingerprint density at radius 1 is 1.50 bits per heavy atom. The van der Waals surface area contributed by atoms with Crippen molar-refractivity contribution in [2.24, 2.45) is 5.92 Å². The lowest BCUT2D eigenvalue weighted by Crippen LogP contribution is -2.31. The van der Waals surface area contributed by atoms with Crippen molar-refractivity contribution >= 4 is 0 Å². The second kappa shape index (κ2) is 4.98. The first-order valence-corrected chi connectivity index (χ1v) is 6.63. The van der Waals surface area contributed by atoms with Gasteiger partial charge in [-0.1, -0.05) is 0 Å². The van der Waals surface area contributed by atoms with E-state index in [4.69, 9.17) is 4.42 Å². The molecule has 4 heteroatoms. The van der Waals surface area contributed by atoms with Crippen molar-refractivity contribution in [3.63, 3.8) is 0 Å². The molecule has 1 saturated heterocycles. The summed E-state index contributed by atoms with van der Waals surface area (Å²) < 4.78 is 5.41. The summed E-state index contributed by atoms with van der Waals surface area (Å²) in [6.07, 6.45) is 5.28. The van der Waals surface area contributed by atoms with E-state index in [9.17, 15) is 0 Å². The minimum Gasteiger partial charge on any atom is -0.463 e. The third-order valence-electron chi connectivity index (χ3n) is 3.57. The van der Waals surface area contributed by atoms with E-state index in [-0.39, 0.29) is 0 Å². The lowest BCUT2D eigenvalue weighted by molar-refractivity contribution is 0.371. The number of aryl methyl sites for hydroxylation is 1. The van der Waals surface area contributed by atoms with E-state index in [1.165, 1.54) is 12.8 Å². The molecular formula is C14H19N3O. The zero-order valence-corrected chi connectivity index (χ0v) is 10.7. The van der Waals surface area contributed by atoms with Crippen LogP contribution in [0.4, 0.5) is 0 Å². The van der Waals surface area contributed by atoms with E-state index in [0.29, 0.717) is 5.92 Å². The number of furan rings is 1. The first-order chi connectivity index (χ1) is 8.83. The van der Waals surface area contributed by atoms with Crippen molar-refractivity contribution in [2.45, 2.75) is 26.2 Å². The number of nitrogens with one attached hydrogen (secondary N) is 2. The molecule has 1 atom stereocenters. The summed E-state index contributed by atoms with van der Waals surface area (Å²) in [4.78, 5) is 8.05. The van der Waals surface area contributed by atoms with E-state index in [1.54, 1.807) is 6.26 Å². The fourth-order valence-corrected chi connectivity index (χ4v) is 2.64. The van der Waals surface area contributed by atoms with E-state index in [1.807, 2.05) is 19.1 Å². The summed E-state index contributed by atoms with van der Waals surface area (Å²) in [5.74, 6) is 2.62. The van der Waals surface area contributed by atoms with Crippen molar-refractivity contribution in [3.05, 3.63) is 29.9 Å². The van der Waals surface area contributed by atoms with Gasteiger partial charge >= 0.3 is 0 Å². The van der Waals surface area contributed by atoms with Crippen LogP contribution in [0.15, 0.2) is 22.8 Å². The molecule has 0 spiro atoms. The van der Waals surface area contributed by atoms with Gasteiger partial charge in [-0.15, -0.1) is 0 Å².